The van der Waals surface area contributed by atoms with Crippen molar-refractivity contribution in [1.29, 1.82) is 0 Å². The molecule has 9 nitrogen and oxygen atoms in total. The fourth-order valence-corrected chi connectivity index (χ4v) is 3.06. The van der Waals surface area contributed by atoms with Gasteiger partial charge in [0.15, 0.2) is 0 Å². The molecule has 0 aliphatic heterocycles. The number of benzene rings is 1. The van der Waals surface area contributed by atoms with Crippen molar-refractivity contribution >= 4 is 20.1 Å². The number of aliphatic hydroxyl groups is 2. The number of likely N-dealkylation sites (N-methyl/N-ethyl adjacent to an activating group) is 1. The topological polar surface area (TPSA) is 147 Å². The van der Waals surface area contributed by atoms with Crippen molar-refractivity contribution in [2.75, 3.05) is 39.6 Å². The summed E-state index contributed by atoms with van der Waals surface area (Å²) in [5.41, 5.74) is 0.928. The second-order valence-corrected chi connectivity index (χ2v) is 9.33. The van der Waals surface area contributed by atoms with Gasteiger partial charge >= 0.3 is 0 Å². The zero-order valence-electron chi connectivity index (χ0n) is 15.8. The van der Waals surface area contributed by atoms with Crippen molar-refractivity contribution < 1.29 is 31.6 Å². The molecule has 0 aliphatic carbocycles. The van der Waals surface area contributed by atoms with E-state index in [1.165, 1.54) is 12.1 Å². The SMILES string of the molecule is CN(CCCNS(C)(=O)=O)C(CO)CCO.Cc1ccc(S(=O)(=O)[O-])cc1. The highest BCUT2D eigenvalue weighted by atomic mass is 32.2. The molecule has 0 amide bonds. The highest BCUT2D eigenvalue weighted by Gasteiger charge is 2.12. The van der Waals surface area contributed by atoms with Crippen LogP contribution in [0.1, 0.15) is 18.4 Å². The minimum atomic E-state index is -4.27. The summed E-state index contributed by atoms with van der Waals surface area (Å²) in [6, 6.07) is 5.72. The maximum Gasteiger partial charge on any atom is 0.208 e. The number of sulfonamides is 1. The molecule has 1 aromatic rings. The number of aliphatic hydroxyl groups excluding tert-OH is 2. The molecule has 158 valence electrons. The van der Waals surface area contributed by atoms with E-state index in [0.717, 1.165) is 11.8 Å². The molecule has 0 radical (unpaired) electrons. The lowest BCUT2D eigenvalue weighted by Gasteiger charge is -2.25. The summed E-state index contributed by atoms with van der Waals surface area (Å²) in [6.45, 7) is 2.92. The van der Waals surface area contributed by atoms with Gasteiger partial charge in [0.05, 0.1) is 17.8 Å². The Bertz CT molecular complexity index is 735. The molecular formula is C16H29N2O7S2-. The molecule has 0 spiro atoms. The molecule has 0 fully saturated rings. The average Bonchev–Trinajstić information content (AvgIpc) is 2.55. The first-order valence-electron chi connectivity index (χ1n) is 8.30. The highest BCUT2D eigenvalue weighted by Crippen LogP contribution is 2.08. The van der Waals surface area contributed by atoms with Crippen LogP contribution in [0.3, 0.4) is 0 Å². The maximum absolute atomic E-state index is 10.8. The normalized spacial score (nSPS) is 13.1. The molecule has 1 unspecified atom stereocenters. The predicted octanol–water partition coefficient (Wildman–Crippen LogP) is -0.500. The molecule has 27 heavy (non-hydrogen) atoms. The summed E-state index contributed by atoms with van der Waals surface area (Å²) in [7, 11) is -5.54. The Labute approximate surface area is 161 Å². The number of aryl methyl sites for hydroxylation is 1. The molecule has 0 heterocycles. The quantitative estimate of drug-likeness (QED) is 0.336. The highest BCUT2D eigenvalue weighted by molar-refractivity contribution is 7.88. The van der Waals surface area contributed by atoms with Crippen molar-refractivity contribution in [2.45, 2.75) is 30.7 Å². The van der Waals surface area contributed by atoms with Gasteiger partial charge in [0.25, 0.3) is 0 Å². The van der Waals surface area contributed by atoms with Crippen LogP contribution < -0.4 is 4.72 Å². The van der Waals surface area contributed by atoms with Gasteiger partial charge < -0.3 is 19.7 Å². The van der Waals surface area contributed by atoms with Crippen LogP contribution in [0.2, 0.25) is 0 Å². The van der Waals surface area contributed by atoms with E-state index >= 15 is 0 Å². The van der Waals surface area contributed by atoms with Gasteiger partial charge in [-0.25, -0.2) is 21.6 Å². The van der Waals surface area contributed by atoms with Crippen LogP contribution >= 0.6 is 0 Å². The monoisotopic (exact) mass is 425 g/mol. The molecule has 0 saturated carbocycles. The predicted molar refractivity (Wildman–Crippen MR) is 102 cm³/mol. The van der Waals surface area contributed by atoms with Crippen LogP contribution in [0.5, 0.6) is 0 Å². The van der Waals surface area contributed by atoms with Crippen LogP contribution in [0, 0.1) is 6.92 Å². The summed E-state index contributed by atoms with van der Waals surface area (Å²) in [6.07, 6.45) is 2.32. The molecule has 0 saturated heterocycles. The Hall–Kier alpha value is -1.08. The molecule has 0 aliphatic rings. The lowest BCUT2D eigenvalue weighted by Crippen LogP contribution is -2.37. The fraction of sp³-hybridized carbons (Fsp3) is 0.625. The maximum atomic E-state index is 10.8. The van der Waals surface area contributed by atoms with E-state index < -0.39 is 20.1 Å². The Kier molecular flexibility index (Phi) is 11.9. The minimum absolute atomic E-state index is 0.00341. The molecule has 11 heteroatoms. The van der Waals surface area contributed by atoms with Crippen molar-refractivity contribution in [3.63, 3.8) is 0 Å². The molecule has 1 atom stereocenters. The standard InChI is InChI=1S/C9H22N2O4S.C7H8O3S/c1-11(9(8-13)4-7-12)6-3-5-10-16(2,14)15;1-6-2-4-7(5-3-6)11(8,9)10/h9-10,12-13H,3-8H2,1-2H3;2-5H,1H3,(H,8,9,10)/p-1. The lowest BCUT2D eigenvalue weighted by atomic mass is 10.2. The molecule has 3 N–H and O–H groups in total. The Morgan fingerprint density at radius 3 is 2.11 bits per heavy atom. The molecule has 1 rings (SSSR count). The second kappa shape index (κ2) is 12.4. The van der Waals surface area contributed by atoms with Crippen LogP contribution in [-0.2, 0) is 20.1 Å². The smallest absolute Gasteiger partial charge is 0.208 e. The van der Waals surface area contributed by atoms with Gasteiger partial charge in [0.2, 0.25) is 10.0 Å². The van der Waals surface area contributed by atoms with Crippen LogP contribution in [0.4, 0.5) is 0 Å². The van der Waals surface area contributed by atoms with E-state index in [-0.39, 0.29) is 24.2 Å². The summed E-state index contributed by atoms with van der Waals surface area (Å²) in [5, 5.41) is 17.8. The summed E-state index contributed by atoms with van der Waals surface area (Å²) >= 11 is 0. The average molecular weight is 426 g/mol. The lowest BCUT2D eigenvalue weighted by molar-refractivity contribution is 0.119. The van der Waals surface area contributed by atoms with E-state index in [9.17, 15) is 21.4 Å². The number of hydrogen-bond donors (Lipinski definition) is 3. The van der Waals surface area contributed by atoms with Crippen LogP contribution in [0.15, 0.2) is 29.2 Å². The Morgan fingerprint density at radius 2 is 1.70 bits per heavy atom. The minimum Gasteiger partial charge on any atom is -0.744 e. The third-order valence-electron chi connectivity index (χ3n) is 3.66. The number of nitrogens with one attached hydrogen (secondary N) is 1. The Balaban J connectivity index is 0.000000533. The largest absolute Gasteiger partial charge is 0.744 e. The molecule has 1 aromatic carbocycles. The van der Waals surface area contributed by atoms with Gasteiger partial charge in [-0.3, -0.25) is 0 Å². The van der Waals surface area contributed by atoms with Gasteiger partial charge in [-0.1, -0.05) is 17.7 Å². The van der Waals surface area contributed by atoms with Gasteiger partial charge in [-0.15, -0.1) is 0 Å². The van der Waals surface area contributed by atoms with Crippen LogP contribution in [0.25, 0.3) is 0 Å². The van der Waals surface area contributed by atoms with E-state index in [4.69, 9.17) is 10.2 Å². The zero-order valence-corrected chi connectivity index (χ0v) is 17.5. The number of hydrogen-bond acceptors (Lipinski definition) is 8. The zero-order chi connectivity index (χ0) is 21.1. The molecule has 0 bridgehead atoms. The number of rotatable bonds is 10. The first-order chi connectivity index (χ1) is 12.4. The van der Waals surface area contributed by atoms with Crippen LogP contribution in [-0.4, -0.2) is 82.1 Å². The second-order valence-electron chi connectivity index (χ2n) is 6.12. The Morgan fingerprint density at radius 1 is 1.15 bits per heavy atom. The van der Waals surface area contributed by atoms with E-state index in [2.05, 4.69) is 4.72 Å². The first-order valence-corrected chi connectivity index (χ1v) is 11.6. The summed E-state index contributed by atoms with van der Waals surface area (Å²) in [5.74, 6) is 0. The third kappa shape index (κ3) is 12.8. The molecular weight excluding hydrogens is 396 g/mol. The van der Waals surface area contributed by atoms with E-state index in [0.29, 0.717) is 25.9 Å². The number of nitrogens with zero attached hydrogens (tertiary/aromatic N) is 1. The van der Waals surface area contributed by atoms with Crippen molar-refractivity contribution in [3.05, 3.63) is 29.8 Å². The van der Waals surface area contributed by atoms with Crippen molar-refractivity contribution in [3.8, 4) is 0 Å². The van der Waals surface area contributed by atoms with Gasteiger partial charge in [-0.2, -0.15) is 0 Å². The summed E-state index contributed by atoms with van der Waals surface area (Å²) in [4.78, 5) is 1.74. The van der Waals surface area contributed by atoms with Gasteiger partial charge in [0, 0.05) is 19.2 Å². The van der Waals surface area contributed by atoms with Crippen molar-refractivity contribution in [1.82, 2.24) is 9.62 Å². The van der Waals surface area contributed by atoms with Crippen molar-refractivity contribution in [2.24, 2.45) is 0 Å². The van der Waals surface area contributed by atoms with Gasteiger partial charge in [-0.05, 0) is 45.5 Å². The van der Waals surface area contributed by atoms with E-state index in [1.54, 1.807) is 12.1 Å². The third-order valence-corrected chi connectivity index (χ3v) is 5.24. The fourth-order valence-electron chi connectivity index (χ4n) is 2.07. The van der Waals surface area contributed by atoms with E-state index in [1.807, 2.05) is 18.9 Å². The summed E-state index contributed by atoms with van der Waals surface area (Å²) < 4.78 is 55.1. The van der Waals surface area contributed by atoms with Gasteiger partial charge in [0.1, 0.15) is 10.1 Å². The first kappa shape index (κ1) is 25.9. The molecule has 0 aromatic heterocycles.